The standard InChI is InChI=1S/C12H14ClN3O3S/c1-16-12(11(13)8-14-16)20(18,19)15-10-4-2-9(3-5-10)6-7-17/h2-5,8,15,17H,6-7H2,1H3. The quantitative estimate of drug-likeness (QED) is 0.873. The van der Waals surface area contributed by atoms with Gasteiger partial charge in [-0.3, -0.25) is 9.40 Å². The lowest BCUT2D eigenvalue weighted by atomic mass is 10.1. The highest BCUT2D eigenvalue weighted by atomic mass is 35.5. The molecule has 1 heterocycles. The van der Waals surface area contributed by atoms with Crippen molar-refractivity contribution in [3.8, 4) is 0 Å². The number of nitrogens with one attached hydrogen (secondary N) is 1. The van der Waals surface area contributed by atoms with Gasteiger partial charge in [-0.2, -0.15) is 13.5 Å². The first-order valence-electron chi connectivity index (χ1n) is 5.84. The van der Waals surface area contributed by atoms with Crippen LogP contribution in [0, 0.1) is 0 Å². The van der Waals surface area contributed by atoms with E-state index in [9.17, 15) is 8.42 Å². The van der Waals surface area contributed by atoms with Gasteiger partial charge in [0.15, 0.2) is 5.03 Å². The Morgan fingerprint density at radius 3 is 2.50 bits per heavy atom. The van der Waals surface area contributed by atoms with Crippen LogP contribution in [0.25, 0.3) is 0 Å². The van der Waals surface area contributed by atoms with E-state index in [4.69, 9.17) is 16.7 Å². The number of sulfonamides is 1. The van der Waals surface area contributed by atoms with Gasteiger partial charge in [0.05, 0.1) is 11.2 Å². The van der Waals surface area contributed by atoms with Crippen LogP contribution in [0.1, 0.15) is 5.56 Å². The Kier molecular flexibility index (Phi) is 4.32. The second-order valence-corrected chi connectivity index (χ2v) is 6.20. The van der Waals surface area contributed by atoms with Crippen molar-refractivity contribution in [2.75, 3.05) is 11.3 Å². The van der Waals surface area contributed by atoms with Crippen LogP contribution in [0.15, 0.2) is 35.5 Å². The topological polar surface area (TPSA) is 84.2 Å². The molecule has 6 nitrogen and oxygen atoms in total. The molecule has 1 aromatic carbocycles. The number of aliphatic hydroxyl groups excluding tert-OH is 1. The lowest BCUT2D eigenvalue weighted by Crippen LogP contribution is -2.17. The van der Waals surface area contributed by atoms with Crippen LogP contribution in [-0.2, 0) is 23.5 Å². The first-order chi connectivity index (χ1) is 9.44. The van der Waals surface area contributed by atoms with Crippen LogP contribution in [-0.4, -0.2) is 29.9 Å². The summed E-state index contributed by atoms with van der Waals surface area (Å²) in [6.07, 6.45) is 1.81. The zero-order valence-electron chi connectivity index (χ0n) is 10.7. The van der Waals surface area contributed by atoms with E-state index in [1.54, 1.807) is 24.3 Å². The molecule has 0 aliphatic carbocycles. The second kappa shape index (κ2) is 5.82. The summed E-state index contributed by atoms with van der Waals surface area (Å²) in [6.45, 7) is 0.0513. The van der Waals surface area contributed by atoms with Crippen molar-refractivity contribution in [3.63, 3.8) is 0 Å². The van der Waals surface area contributed by atoms with Gasteiger partial charge in [0, 0.05) is 19.3 Å². The number of halogens is 1. The largest absolute Gasteiger partial charge is 0.396 e. The van der Waals surface area contributed by atoms with Crippen LogP contribution < -0.4 is 4.72 Å². The summed E-state index contributed by atoms with van der Waals surface area (Å²) in [7, 11) is -2.28. The highest BCUT2D eigenvalue weighted by Crippen LogP contribution is 2.22. The Morgan fingerprint density at radius 1 is 1.35 bits per heavy atom. The van der Waals surface area contributed by atoms with Gasteiger partial charge in [-0.05, 0) is 24.1 Å². The van der Waals surface area contributed by atoms with Gasteiger partial charge >= 0.3 is 0 Å². The van der Waals surface area contributed by atoms with Crippen molar-refractivity contribution in [1.29, 1.82) is 0 Å². The predicted molar refractivity (Wildman–Crippen MR) is 76.3 cm³/mol. The van der Waals surface area contributed by atoms with Gasteiger partial charge in [0.1, 0.15) is 0 Å². The van der Waals surface area contributed by atoms with E-state index in [0.717, 1.165) is 5.56 Å². The summed E-state index contributed by atoms with van der Waals surface area (Å²) in [5.74, 6) is 0. The lowest BCUT2D eigenvalue weighted by molar-refractivity contribution is 0.299. The van der Waals surface area contributed by atoms with Gasteiger partial charge in [0.25, 0.3) is 10.0 Å². The molecule has 0 aliphatic heterocycles. The summed E-state index contributed by atoms with van der Waals surface area (Å²) < 4.78 is 28.1. The first-order valence-corrected chi connectivity index (χ1v) is 7.70. The third kappa shape index (κ3) is 3.12. The highest BCUT2D eigenvalue weighted by Gasteiger charge is 2.22. The van der Waals surface area contributed by atoms with Gasteiger partial charge in [-0.25, -0.2) is 0 Å². The van der Waals surface area contributed by atoms with E-state index in [1.807, 2.05) is 0 Å². The third-order valence-electron chi connectivity index (χ3n) is 2.70. The number of benzene rings is 1. The fourth-order valence-electron chi connectivity index (χ4n) is 1.77. The average Bonchev–Trinajstić information content (AvgIpc) is 2.72. The predicted octanol–water partition coefficient (Wildman–Crippen LogP) is 1.41. The zero-order chi connectivity index (χ0) is 14.8. The zero-order valence-corrected chi connectivity index (χ0v) is 12.3. The molecule has 0 saturated carbocycles. The Morgan fingerprint density at radius 2 is 2.00 bits per heavy atom. The van der Waals surface area contributed by atoms with Crippen molar-refractivity contribution in [2.24, 2.45) is 7.05 Å². The Bertz CT molecular complexity index is 676. The summed E-state index contributed by atoms with van der Waals surface area (Å²) in [5, 5.41) is 12.6. The first kappa shape index (κ1) is 14.8. The number of hydrogen-bond acceptors (Lipinski definition) is 4. The van der Waals surface area contributed by atoms with Crippen molar-refractivity contribution in [1.82, 2.24) is 9.78 Å². The van der Waals surface area contributed by atoms with E-state index >= 15 is 0 Å². The number of rotatable bonds is 5. The minimum absolute atomic E-state index is 0.0513. The lowest BCUT2D eigenvalue weighted by Gasteiger charge is -2.09. The number of anilines is 1. The monoisotopic (exact) mass is 315 g/mol. The third-order valence-corrected chi connectivity index (χ3v) is 4.59. The molecule has 20 heavy (non-hydrogen) atoms. The Balaban J connectivity index is 2.24. The number of aliphatic hydroxyl groups is 1. The maximum absolute atomic E-state index is 12.2. The fourth-order valence-corrected chi connectivity index (χ4v) is 3.49. The molecule has 2 N–H and O–H groups in total. The molecule has 0 radical (unpaired) electrons. The number of aryl methyl sites for hydroxylation is 1. The summed E-state index contributed by atoms with van der Waals surface area (Å²) in [6, 6.07) is 6.76. The molecular formula is C12H14ClN3O3S. The number of nitrogens with zero attached hydrogens (tertiary/aromatic N) is 2. The van der Waals surface area contributed by atoms with E-state index in [2.05, 4.69) is 9.82 Å². The molecule has 108 valence electrons. The van der Waals surface area contributed by atoms with Crippen LogP contribution >= 0.6 is 11.6 Å². The Hall–Kier alpha value is -1.57. The molecule has 0 fully saturated rings. The molecule has 0 atom stereocenters. The molecule has 2 aromatic rings. The van der Waals surface area contributed by atoms with Crippen LogP contribution in [0.4, 0.5) is 5.69 Å². The Labute approximate surface area is 122 Å². The summed E-state index contributed by atoms with van der Waals surface area (Å²) >= 11 is 5.83. The normalized spacial score (nSPS) is 11.6. The molecule has 2 rings (SSSR count). The summed E-state index contributed by atoms with van der Waals surface area (Å²) in [4.78, 5) is 0. The maximum atomic E-state index is 12.2. The molecule has 0 saturated heterocycles. The molecule has 0 unspecified atom stereocenters. The molecule has 8 heteroatoms. The molecule has 0 amide bonds. The van der Waals surface area contributed by atoms with Crippen molar-refractivity contribution < 1.29 is 13.5 Å². The van der Waals surface area contributed by atoms with E-state index < -0.39 is 10.0 Å². The van der Waals surface area contributed by atoms with Crippen molar-refractivity contribution in [2.45, 2.75) is 11.4 Å². The van der Waals surface area contributed by atoms with Crippen molar-refractivity contribution in [3.05, 3.63) is 41.0 Å². The highest BCUT2D eigenvalue weighted by molar-refractivity contribution is 7.92. The van der Waals surface area contributed by atoms with Gasteiger partial charge < -0.3 is 5.11 Å². The van der Waals surface area contributed by atoms with E-state index in [-0.39, 0.29) is 16.7 Å². The fraction of sp³-hybridized carbons (Fsp3) is 0.250. The molecule has 0 spiro atoms. The second-order valence-electron chi connectivity index (χ2n) is 4.20. The van der Waals surface area contributed by atoms with Gasteiger partial charge in [-0.1, -0.05) is 23.7 Å². The van der Waals surface area contributed by atoms with Crippen LogP contribution in [0.3, 0.4) is 0 Å². The molecular weight excluding hydrogens is 302 g/mol. The maximum Gasteiger partial charge on any atom is 0.280 e. The molecule has 0 aliphatic rings. The SMILES string of the molecule is Cn1ncc(Cl)c1S(=O)(=O)Nc1ccc(CCO)cc1. The van der Waals surface area contributed by atoms with E-state index in [1.165, 1.54) is 17.9 Å². The smallest absolute Gasteiger partial charge is 0.280 e. The summed E-state index contributed by atoms with van der Waals surface area (Å²) in [5.41, 5.74) is 1.35. The minimum atomic E-state index is -3.79. The molecule has 1 aromatic heterocycles. The van der Waals surface area contributed by atoms with Crippen LogP contribution in [0.2, 0.25) is 5.02 Å². The molecule has 0 bridgehead atoms. The van der Waals surface area contributed by atoms with Crippen molar-refractivity contribution >= 4 is 27.3 Å². The van der Waals surface area contributed by atoms with E-state index in [0.29, 0.717) is 12.1 Å². The van der Waals surface area contributed by atoms with Crippen LogP contribution in [0.5, 0.6) is 0 Å². The number of hydrogen-bond donors (Lipinski definition) is 2. The average molecular weight is 316 g/mol. The van der Waals surface area contributed by atoms with Gasteiger partial charge in [0.2, 0.25) is 0 Å². The minimum Gasteiger partial charge on any atom is -0.396 e. The van der Waals surface area contributed by atoms with Gasteiger partial charge in [-0.15, -0.1) is 0 Å². The number of aromatic nitrogens is 2.